The molecule has 22 heavy (non-hydrogen) atoms. The van der Waals surface area contributed by atoms with Gasteiger partial charge in [-0.25, -0.2) is 0 Å². The average molecular weight is 526 g/mol. The molecule has 4 heteroatoms. The number of ether oxygens (including phenoxy) is 2. The van der Waals surface area contributed by atoms with Crippen LogP contribution in [0.1, 0.15) is 26.7 Å². The van der Waals surface area contributed by atoms with E-state index in [9.17, 15) is 0 Å². The van der Waals surface area contributed by atoms with Crippen molar-refractivity contribution in [3.8, 4) is 11.5 Å². The van der Waals surface area contributed by atoms with Crippen molar-refractivity contribution in [3.05, 3.63) is 48.5 Å². The van der Waals surface area contributed by atoms with Gasteiger partial charge in [0, 0.05) is 0 Å². The average Bonchev–Trinajstić information content (AvgIpc) is 2.58. The van der Waals surface area contributed by atoms with Gasteiger partial charge in [0.1, 0.15) is 0 Å². The molecule has 0 radical (unpaired) electrons. The molecule has 2 aromatic carbocycles. The number of hydrogen-bond acceptors (Lipinski definition) is 2. The van der Waals surface area contributed by atoms with E-state index in [-0.39, 0.29) is 34.1 Å². The number of benzene rings is 2. The third-order valence-electron chi connectivity index (χ3n) is 2.83. The minimum absolute atomic E-state index is 0.0553. The molecule has 2 rings (SSSR count). The van der Waals surface area contributed by atoms with E-state index in [4.69, 9.17) is 9.47 Å². The van der Waals surface area contributed by atoms with Crippen molar-refractivity contribution in [3.63, 3.8) is 0 Å². The molecule has 2 nitrogen and oxygen atoms in total. The van der Waals surface area contributed by atoms with Gasteiger partial charge in [0.05, 0.1) is 0 Å². The van der Waals surface area contributed by atoms with Crippen molar-refractivity contribution in [1.29, 1.82) is 0 Å². The summed E-state index contributed by atoms with van der Waals surface area (Å²) in [7, 11) is 0. The second kappa shape index (κ2) is 10.4. The van der Waals surface area contributed by atoms with Crippen LogP contribution in [0.25, 0.3) is 0 Å². The fraction of sp³-hybridized carbons (Fsp3) is 0.333. The Morgan fingerprint density at radius 3 is 1.32 bits per heavy atom. The van der Waals surface area contributed by atoms with E-state index >= 15 is 0 Å². The molecule has 0 fully saturated rings. The molecule has 0 N–H and O–H groups in total. The summed E-state index contributed by atoms with van der Waals surface area (Å²) in [5.74, 6) is 1.99. The molecular formula is C18H22O2Te2. The van der Waals surface area contributed by atoms with E-state index in [0.717, 1.165) is 37.6 Å². The van der Waals surface area contributed by atoms with Gasteiger partial charge in [-0.3, -0.25) is 0 Å². The molecule has 0 aliphatic heterocycles. The Morgan fingerprint density at radius 2 is 1.00 bits per heavy atom. The monoisotopic (exact) mass is 530 g/mol. The first-order valence-electron chi connectivity index (χ1n) is 7.62. The van der Waals surface area contributed by atoms with E-state index in [1.54, 1.807) is 0 Å². The Hall–Kier alpha value is -0.381. The number of rotatable bonds is 9. The summed E-state index contributed by atoms with van der Waals surface area (Å²) in [4.78, 5) is 0. The maximum absolute atomic E-state index is 5.63. The molecule has 0 aromatic heterocycles. The van der Waals surface area contributed by atoms with Crippen LogP contribution in [0.2, 0.25) is 0 Å². The summed E-state index contributed by atoms with van der Waals surface area (Å²) in [6, 6.07) is 17.4. The van der Waals surface area contributed by atoms with Crippen LogP contribution in [-0.4, -0.2) is 47.3 Å². The van der Waals surface area contributed by atoms with Crippen molar-refractivity contribution >= 4 is 41.3 Å². The van der Waals surface area contributed by atoms with Crippen molar-refractivity contribution in [2.24, 2.45) is 0 Å². The predicted molar refractivity (Wildman–Crippen MR) is 95.2 cm³/mol. The first kappa shape index (κ1) is 18.0. The topological polar surface area (TPSA) is 18.5 Å². The van der Waals surface area contributed by atoms with Gasteiger partial charge in [0.25, 0.3) is 0 Å². The van der Waals surface area contributed by atoms with Gasteiger partial charge in [-0.15, -0.1) is 0 Å². The summed E-state index contributed by atoms with van der Waals surface area (Å²) in [6.45, 7) is 5.86. The molecule has 0 aliphatic carbocycles. The predicted octanol–water partition coefficient (Wildman–Crippen LogP) is 2.54. The van der Waals surface area contributed by atoms with Gasteiger partial charge < -0.3 is 0 Å². The van der Waals surface area contributed by atoms with Crippen molar-refractivity contribution in [1.82, 2.24) is 0 Å². The standard InChI is InChI=1S/C18H22O2Te2/c1-3-13-19-15-5-9-17(10-6-15)21-22-18-11-7-16(8-12-18)20-14-4-2/h5-12H,3-4,13-14H2,1-2H3. The van der Waals surface area contributed by atoms with E-state index in [1.165, 1.54) is 7.22 Å². The van der Waals surface area contributed by atoms with Gasteiger partial charge in [0.2, 0.25) is 0 Å². The van der Waals surface area contributed by atoms with Crippen LogP contribution in [0.4, 0.5) is 0 Å². The SMILES string of the molecule is CCCOc1ccc([Te][Te]c2ccc(OCCC)cc2)cc1. The zero-order valence-corrected chi connectivity index (χ0v) is 17.7. The molecule has 0 saturated carbocycles. The van der Waals surface area contributed by atoms with Crippen molar-refractivity contribution in [2.45, 2.75) is 26.7 Å². The Balaban J connectivity index is 1.81. The van der Waals surface area contributed by atoms with Gasteiger partial charge in [0.15, 0.2) is 0 Å². The first-order chi connectivity index (χ1) is 10.8. The van der Waals surface area contributed by atoms with Gasteiger partial charge in [-0.05, 0) is 0 Å². The Morgan fingerprint density at radius 1 is 0.636 bits per heavy atom. The maximum atomic E-state index is 5.63. The van der Waals surface area contributed by atoms with E-state index in [1.807, 2.05) is 0 Å². The molecule has 2 aromatic rings. The van der Waals surface area contributed by atoms with Crippen molar-refractivity contribution in [2.75, 3.05) is 13.2 Å². The second-order valence-electron chi connectivity index (χ2n) is 4.81. The zero-order valence-electron chi connectivity index (χ0n) is 13.1. The van der Waals surface area contributed by atoms with Crippen LogP contribution in [0, 0.1) is 0 Å². The molecule has 0 spiro atoms. The molecule has 0 heterocycles. The molecule has 0 aliphatic rings. The summed E-state index contributed by atoms with van der Waals surface area (Å²) >= 11 is -0.111. The van der Waals surface area contributed by atoms with Crippen molar-refractivity contribution < 1.29 is 9.47 Å². The van der Waals surface area contributed by atoms with Crippen LogP contribution >= 0.6 is 0 Å². The fourth-order valence-corrected chi connectivity index (χ4v) is 11.6. The molecule has 0 amide bonds. The van der Waals surface area contributed by atoms with Gasteiger partial charge in [-0.1, -0.05) is 0 Å². The summed E-state index contributed by atoms with van der Waals surface area (Å²) in [5.41, 5.74) is 0. The molecular weight excluding hydrogens is 503 g/mol. The third kappa shape index (κ3) is 6.39. The fourth-order valence-electron chi connectivity index (χ4n) is 1.72. The molecule has 0 bridgehead atoms. The van der Waals surface area contributed by atoms with Crippen LogP contribution in [0.15, 0.2) is 48.5 Å². The Labute approximate surface area is 149 Å². The van der Waals surface area contributed by atoms with Crippen LogP contribution in [-0.2, 0) is 0 Å². The van der Waals surface area contributed by atoms with Crippen LogP contribution < -0.4 is 16.7 Å². The van der Waals surface area contributed by atoms with Crippen LogP contribution in [0.3, 0.4) is 0 Å². The van der Waals surface area contributed by atoms with Crippen LogP contribution in [0.5, 0.6) is 11.5 Å². The summed E-state index contributed by atoms with van der Waals surface area (Å²) < 4.78 is 14.3. The molecule has 0 saturated heterocycles. The summed E-state index contributed by atoms with van der Waals surface area (Å²) in [6.07, 6.45) is 2.11. The number of hydrogen-bond donors (Lipinski definition) is 0. The van der Waals surface area contributed by atoms with E-state index in [0.29, 0.717) is 0 Å². The minimum atomic E-state index is -0.0553. The van der Waals surface area contributed by atoms with Gasteiger partial charge in [-0.2, -0.15) is 0 Å². The van der Waals surface area contributed by atoms with E-state index < -0.39 is 0 Å². The van der Waals surface area contributed by atoms with E-state index in [2.05, 4.69) is 62.4 Å². The Bertz CT molecular complexity index is 487. The zero-order chi connectivity index (χ0) is 15.6. The molecule has 0 atom stereocenters. The second-order valence-corrected chi connectivity index (χ2v) is 14.8. The first-order valence-corrected chi connectivity index (χ1v) is 17.3. The summed E-state index contributed by atoms with van der Waals surface area (Å²) in [5, 5.41) is 0. The quantitative estimate of drug-likeness (QED) is 0.469. The molecule has 0 unspecified atom stereocenters. The molecule has 118 valence electrons. The third-order valence-corrected chi connectivity index (χ3v) is 14.7. The van der Waals surface area contributed by atoms with Gasteiger partial charge >= 0.3 is 151 Å². The Kier molecular flexibility index (Phi) is 8.50. The normalized spacial score (nSPS) is 10.5.